The Kier molecular flexibility index (Phi) is 3.33. The number of carbonyl (C=O) groups excluding carboxylic acids is 1. The third kappa shape index (κ3) is 2.41. The zero-order valence-electron chi connectivity index (χ0n) is 8.80. The van der Waals surface area contributed by atoms with Crippen LogP contribution in [0.15, 0.2) is 28.7 Å². The number of aliphatic carboxylic acids is 1. The fraction of sp³-hybridized carbons (Fsp3) is 0.273. The number of ether oxygens (including phenoxy) is 1. The van der Waals surface area contributed by atoms with Gasteiger partial charge in [-0.1, -0.05) is 12.1 Å². The van der Waals surface area contributed by atoms with Gasteiger partial charge in [0.1, 0.15) is 0 Å². The average molecular weight is 300 g/mol. The Bertz CT molecular complexity index is 463. The molecule has 0 aliphatic carbocycles. The van der Waals surface area contributed by atoms with E-state index in [1.54, 1.807) is 12.1 Å². The van der Waals surface area contributed by atoms with Crippen LogP contribution in [0.25, 0.3) is 0 Å². The number of carboxylic acids is 1. The number of cyclic esters (lactones) is 1. The van der Waals surface area contributed by atoms with Gasteiger partial charge in [-0.05, 0) is 28.1 Å². The molecule has 1 aromatic rings. The number of carbonyl (C=O) groups is 2. The first kappa shape index (κ1) is 11.9. The maximum Gasteiger partial charge on any atom is 0.415 e. The molecule has 1 N–H and O–H groups in total. The van der Waals surface area contributed by atoms with Gasteiger partial charge in [-0.2, -0.15) is 0 Å². The minimum atomic E-state index is -1.11. The smallest absolute Gasteiger partial charge is 0.415 e. The summed E-state index contributed by atoms with van der Waals surface area (Å²) >= 11 is 3.34. The predicted molar refractivity (Wildman–Crippen MR) is 64.0 cm³/mol. The van der Waals surface area contributed by atoms with E-state index in [0.29, 0.717) is 12.2 Å². The van der Waals surface area contributed by atoms with E-state index < -0.39 is 18.2 Å². The van der Waals surface area contributed by atoms with E-state index in [1.807, 2.05) is 12.1 Å². The van der Waals surface area contributed by atoms with Crippen molar-refractivity contribution >= 4 is 33.7 Å². The largest absolute Gasteiger partial charge is 0.479 e. The monoisotopic (exact) mass is 299 g/mol. The van der Waals surface area contributed by atoms with E-state index in [-0.39, 0.29) is 6.42 Å². The van der Waals surface area contributed by atoms with Crippen LogP contribution in [0.2, 0.25) is 0 Å². The van der Waals surface area contributed by atoms with Crippen LogP contribution < -0.4 is 4.90 Å². The standard InChI is InChI=1S/C11H10BrNO4/c12-7-3-1-2-4-8(7)13-6-5-9(10(14)15)17-11(13)16/h1-4,9H,5-6H2,(H,14,15). The molecular formula is C11H10BrNO4. The Morgan fingerprint density at radius 2 is 2.18 bits per heavy atom. The highest BCUT2D eigenvalue weighted by Crippen LogP contribution is 2.28. The summed E-state index contributed by atoms with van der Waals surface area (Å²) in [5.74, 6) is -1.11. The molecule has 0 bridgehead atoms. The number of hydrogen-bond acceptors (Lipinski definition) is 3. The lowest BCUT2D eigenvalue weighted by Gasteiger charge is -2.30. The number of hydrogen-bond donors (Lipinski definition) is 1. The number of rotatable bonds is 2. The maximum absolute atomic E-state index is 11.7. The molecule has 0 saturated carbocycles. The molecule has 5 nitrogen and oxygen atoms in total. The van der Waals surface area contributed by atoms with Crippen LogP contribution in [0.3, 0.4) is 0 Å². The SMILES string of the molecule is O=C(O)C1CCN(c2ccccc2Br)C(=O)O1. The highest BCUT2D eigenvalue weighted by Gasteiger charge is 2.32. The molecule has 0 spiro atoms. The molecule has 6 heteroatoms. The molecule has 0 aromatic heterocycles. The quantitative estimate of drug-likeness (QED) is 0.909. The lowest BCUT2D eigenvalue weighted by Crippen LogP contribution is -2.45. The number of benzene rings is 1. The molecule has 17 heavy (non-hydrogen) atoms. The average Bonchev–Trinajstić information content (AvgIpc) is 2.30. The van der Waals surface area contributed by atoms with Crippen molar-refractivity contribution in [1.29, 1.82) is 0 Å². The van der Waals surface area contributed by atoms with E-state index >= 15 is 0 Å². The summed E-state index contributed by atoms with van der Waals surface area (Å²) in [6.45, 7) is 0.332. The Balaban J connectivity index is 2.18. The topological polar surface area (TPSA) is 66.8 Å². The summed E-state index contributed by atoms with van der Waals surface area (Å²) in [5, 5.41) is 8.76. The number of para-hydroxylation sites is 1. The van der Waals surface area contributed by atoms with Crippen molar-refractivity contribution in [2.75, 3.05) is 11.4 Å². The summed E-state index contributed by atoms with van der Waals surface area (Å²) in [6, 6.07) is 7.22. The summed E-state index contributed by atoms with van der Waals surface area (Å²) < 4.78 is 5.61. The third-order valence-electron chi connectivity index (χ3n) is 2.50. The molecule has 1 heterocycles. The first-order chi connectivity index (χ1) is 8.09. The fourth-order valence-electron chi connectivity index (χ4n) is 1.65. The Morgan fingerprint density at radius 3 is 2.76 bits per heavy atom. The Labute approximate surface area is 106 Å². The van der Waals surface area contributed by atoms with Crippen molar-refractivity contribution in [3.8, 4) is 0 Å². The molecule has 1 atom stereocenters. The van der Waals surface area contributed by atoms with Gasteiger partial charge in [-0.3, -0.25) is 4.90 Å². The van der Waals surface area contributed by atoms with Gasteiger partial charge in [-0.15, -0.1) is 0 Å². The van der Waals surface area contributed by atoms with Crippen molar-refractivity contribution in [3.63, 3.8) is 0 Å². The van der Waals surface area contributed by atoms with Gasteiger partial charge in [0.15, 0.2) is 0 Å². The van der Waals surface area contributed by atoms with Crippen LogP contribution in [0.1, 0.15) is 6.42 Å². The minimum Gasteiger partial charge on any atom is -0.479 e. The van der Waals surface area contributed by atoms with Gasteiger partial charge in [-0.25, -0.2) is 9.59 Å². The van der Waals surface area contributed by atoms with Crippen LogP contribution in [-0.4, -0.2) is 29.8 Å². The molecule has 1 unspecified atom stereocenters. The third-order valence-corrected chi connectivity index (χ3v) is 3.17. The molecule has 1 aliphatic heterocycles. The molecule has 0 radical (unpaired) electrons. The number of anilines is 1. The lowest BCUT2D eigenvalue weighted by molar-refractivity contribution is -0.147. The van der Waals surface area contributed by atoms with E-state index in [1.165, 1.54) is 4.90 Å². The fourth-order valence-corrected chi connectivity index (χ4v) is 2.14. The van der Waals surface area contributed by atoms with Gasteiger partial charge in [0.2, 0.25) is 6.10 Å². The molecular weight excluding hydrogens is 290 g/mol. The lowest BCUT2D eigenvalue weighted by atomic mass is 10.2. The molecule has 1 fully saturated rings. The van der Waals surface area contributed by atoms with Gasteiger partial charge in [0, 0.05) is 17.4 Å². The minimum absolute atomic E-state index is 0.280. The highest BCUT2D eigenvalue weighted by atomic mass is 79.9. The predicted octanol–water partition coefficient (Wildman–Crippen LogP) is 2.25. The van der Waals surface area contributed by atoms with Crippen LogP contribution in [0.4, 0.5) is 10.5 Å². The van der Waals surface area contributed by atoms with Crippen LogP contribution in [-0.2, 0) is 9.53 Å². The molecule has 1 saturated heterocycles. The van der Waals surface area contributed by atoms with E-state index in [2.05, 4.69) is 15.9 Å². The zero-order valence-corrected chi connectivity index (χ0v) is 10.4. The van der Waals surface area contributed by atoms with Crippen molar-refractivity contribution < 1.29 is 19.4 Å². The molecule has 90 valence electrons. The van der Waals surface area contributed by atoms with E-state index in [0.717, 1.165) is 4.47 Å². The number of nitrogens with zero attached hydrogens (tertiary/aromatic N) is 1. The molecule has 1 aromatic carbocycles. The van der Waals surface area contributed by atoms with E-state index in [9.17, 15) is 9.59 Å². The van der Waals surface area contributed by atoms with Crippen molar-refractivity contribution in [2.45, 2.75) is 12.5 Å². The van der Waals surface area contributed by atoms with Gasteiger partial charge >= 0.3 is 12.1 Å². The molecule has 2 rings (SSSR count). The highest BCUT2D eigenvalue weighted by molar-refractivity contribution is 9.10. The van der Waals surface area contributed by atoms with Gasteiger partial charge in [0.25, 0.3) is 0 Å². The van der Waals surface area contributed by atoms with Gasteiger partial charge < -0.3 is 9.84 Å². The van der Waals surface area contributed by atoms with Crippen molar-refractivity contribution in [2.24, 2.45) is 0 Å². The second-order valence-corrected chi connectivity index (χ2v) is 4.46. The van der Waals surface area contributed by atoms with Crippen molar-refractivity contribution in [3.05, 3.63) is 28.7 Å². The number of halogens is 1. The molecule has 1 aliphatic rings. The van der Waals surface area contributed by atoms with Gasteiger partial charge in [0.05, 0.1) is 5.69 Å². The van der Waals surface area contributed by atoms with E-state index in [4.69, 9.17) is 9.84 Å². The Morgan fingerprint density at radius 1 is 1.47 bits per heavy atom. The van der Waals surface area contributed by atoms with Crippen molar-refractivity contribution in [1.82, 2.24) is 0 Å². The summed E-state index contributed by atoms with van der Waals surface area (Å²) in [4.78, 5) is 23.8. The first-order valence-corrected chi connectivity index (χ1v) is 5.84. The first-order valence-electron chi connectivity index (χ1n) is 5.05. The van der Waals surface area contributed by atoms with Crippen LogP contribution >= 0.6 is 15.9 Å². The summed E-state index contributed by atoms with van der Waals surface area (Å²) in [6.07, 6.45) is -1.39. The second-order valence-electron chi connectivity index (χ2n) is 3.60. The molecule has 1 amide bonds. The summed E-state index contributed by atoms with van der Waals surface area (Å²) in [5.41, 5.74) is 0.682. The zero-order chi connectivity index (χ0) is 12.4. The Hall–Kier alpha value is -1.56. The van der Waals surface area contributed by atoms with Crippen LogP contribution in [0.5, 0.6) is 0 Å². The van der Waals surface area contributed by atoms with Crippen LogP contribution in [0, 0.1) is 0 Å². The normalized spacial score (nSPS) is 19.9. The summed E-state index contributed by atoms with van der Waals surface area (Å²) in [7, 11) is 0. The second kappa shape index (κ2) is 4.75. The number of amides is 1. The maximum atomic E-state index is 11.7. The number of carboxylic acid groups (broad SMARTS) is 1.